The third kappa shape index (κ3) is 5.43. The maximum Gasteiger partial charge on any atom is 0.119 e. The van der Waals surface area contributed by atoms with E-state index in [9.17, 15) is 10.2 Å². The first-order chi connectivity index (χ1) is 13.3. The first kappa shape index (κ1) is 22.1. The summed E-state index contributed by atoms with van der Waals surface area (Å²) >= 11 is 11.9. The van der Waals surface area contributed by atoms with E-state index < -0.39 is 0 Å². The van der Waals surface area contributed by atoms with Crippen LogP contribution >= 0.6 is 23.2 Å². The molecule has 0 aliphatic heterocycles. The Kier molecular flexibility index (Phi) is 7.79. The highest BCUT2D eigenvalue weighted by Gasteiger charge is 2.13. The van der Waals surface area contributed by atoms with Crippen molar-refractivity contribution in [1.82, 2.24) is 0 Å². The third-order valence-electron chi connectivity index (χ3n) is 4.69. The highest BCUT2D eigenvalue weighted by molar-refractivity contribution is 6.29. The summed E-state index contributed by atoms with van der Waals surface area (Å²) in [6, 6.07) is 11.2. The summed E-state index contributed by atoms with van der Waals surface area (Å²) in [5, 5.41) is 21.2. The van der Waals surface area contributed by atoms with Gasteiger partial charge in [-0.3, -0.25) is 0 Å². The van der Waals surface area contributed by atoms with E-state index in [4.69, 9.17) is 23.2 Å². The minimum absolute atomic E-state index is 0.214. The van der Waals surface area contributed by atoms with Crippen molar-refractivity contribution >= 4 is 34.3 Å². The minimum atomic E-state index is 0.214. The highest BCUT2D eigenvalue weighted by atomic mass is 35.5. The fourth-order valence-electron chi connectivity index (χ4n) is 3.43. The van der Waals surface area contributed by atoms with Crippen molar-refractivity contribution in [2.45, 2.75) is 39.5 Å². The molecular formula is C24H26Cl2O2. The lowest BCUT2D eigenvalue weighted by Gasteiger charge is -2.17. The monoisotopic (exact) mass is 416 g/mol. The van der Waals surface area contributed by atoms with Crippen LogP contribution in [0.3, 0.4) is 0 Å². The van der Waals surface area contributed by atoms with Crippen LogP contribution < -0.4 is 0 Å². The number of hydrogen-bond donors (Lipinski definition) is 2. The first-order valence-corrected chi connectivity index (χ1v) is 10.0. The van der Waals surface area contributed by atoms with E-state index in [1.54, 1.807) is 12.1 Å². The lowest BCUT2D eigenvalue weighted by molar-refractivity contribution is 0.469. The van der Waals surface area contributed by atoms with E-state index in [0.717, 1.165) is 35.1 Å². The number of aromatic hydroxyl groups is 2. The Balaban J connectivity index is 2.60. The van der Waals surface area contributed by atoms with Gasteiger partial charge < -0.3 is 10.2 Å². The molecule has 0 heterocycles. The molecule has 0 saturated heterocycles. The van der Waals surface area contributed by atoms with Gasteiger partial charge in [0.15, 0.2) is 0 Å². The number of hydrogen-bond acceptors (Lipinski definition) is 2. The number of benzene rings is 2. The van der Waals surface area contributed by atoms with Crippen LogP contribution in [0.25, 0.3) is 11.1 Å². The molecular weight excluding hydrogens is 391 g/mol. The Bertz CT molecular complexity index is 851. The second kappa shape index (κ2) is 9.86. The summed E-state index contributed by atoms with van der Waals surface area (Å²) in [4.78, 5) is 0. The average Bonchev–Trinajstić information content (AvgIpc) is 2.63. The molecule has 2 aromatic rings. The quantitative estimate of drug-likeness (QED) is 0.439. The summed E-state index contributed by atoms with van der Waals surface area (Å²) in [5.74, 6) is 0.429. The normalized spacial score (nSPS) is 11.9. The lowest BCUT2D eigenvalue weighted by Crippen LogP contribution is -1.96. The highest BCUT2D eigenvalue weighted by Crippen LogP contribution is 2.35. The van der Waals surface area contributed by atoms with E-state index in [1.165, 1.54) is 11.1 Å². The first-order valence-electron chi connectivity index (χ1n) is 9.29. The molecule has 0 spiro atoms. The van der Waals surface area contributed by atoms with Gasteiger partial charge in [-0.25, -0.2) is 0 Å². The zero-order chi connectivity index (χ0) is 20.8. The summed E-state index contributed by atoms with van der Waals surface area (Å²) in [5.41, 5.74) is 5.96. The molecule has 0 bridgehead atoms. The van der Waals surface area contributed by atoms with Crippen molar-refractivity contribution in [2.24, 2.45) is 0 Å². The maximum atomic E-state index is 10.1. The summed E-state index contributed by atoms with van der Waals surface area (Å²) < 4.78 is 0. The van der Waals surface area contributed by atoms with Gasteiger partial charge in [-0.2, -0.15) is 0 Å². The van der Waals surface area contributed by atoms with E-state index in [0.29, 0.717) is 22.9 Å². The lowest BCUT2D eigenvalue weighted by atomic mass is 9.89. The molecule has 148 valence electrons. The zero-order valence-corrected chi connectivity index (χ0v) is 17.9. The van der Waals surface area contributed by atoms with E-state index >= 15 is 0 Å². The van der Waals surface area contributed by atoms with Gasteiger partial charge >= 0.3 is 0 Å². The predicted molar refractivity (Wildman–Crippen MR) is 121 cm³/mol. The maximum absolute atomic E-state index is 10.1. The predicted octanol–water partition coefficient (Wildman–Crippen LogP) is 7.42. The fraction of sp³-hybridized carbons (Fsp3) is 0.250. The number of rotatable bonds is 8. The molecule has 2 N–H and O–H groups in total. The second-order valence-electron chi connectivity index (χ2n) is 6.74. The van der Waals surface area contributed by atoms with Gasteiger partial charge in [0.2, 0.25) is 0 Å². The molecule has 0 fully saturated rings. The summed E-state index contributed by atoms with van der Waals surface area (Å²) in [6.45, 7) is 11.7. The molecule has 0 aliphatic carbocycles. The van der Waals surface area contributed by atoms with Crippen molar-refractivity contribution in [2.75, 3.05) is 0 Å². The van der Waals surface area contributed by atoms with Crippen LogP contribution in [0, 0.1) is 0 Å². The standard InChI is InChI=1S/C24H26Cl2O2/c1-5-21(17-7-9-23(27)19(13-17)11-15(3)25)22(6-2)18-8-10-24(28)20(14-18)12-16(4)26/h7-10,13-14,27-28H,3-6,11-12H2,1-2H3/b22-21+. The Labute approximate surface area is 177 Å². The van der Waals surface area contributed by atoms with Crippen LogP contribution in [0.1, 0.15) is 48.9 Å². The van der Waals surface area contributed by atoms with Gasteiger partial charge in [0, 0.05) is 22.9 Å². The molecule has 2 rings (SSSR count). The summed E-state index contributed by atoms with van der Waals surface area (Å²) in [6.07, 6.45) is 2.49. The van der Waals surface area contributed by atoms with Crippen LogP contribution in [0.4, 0.5) is 0 Å². The van der Waals surface area contributed by atoms with E-state index in [1.807, 2.05) is 24.3 Å². The largest absolute Gasteiger partial charge is 0.508 e. The van der Waals surface area contributed by atoms with Crippen LogP contribution in [0.15, 0.2) is 59.6 Å². The number of phenolic OH excluding ortho intramolecular Hbond substituents is 2. The number of phenols is 2. The van der Waals surface area contributed by atoms with Crippen molar-refractivity contribution in [3.8, 4) is 11.5 Å². The van der Waals surface area contributed by atoms with Gasteiger partial charge in [-0.15, -0.1) is 0 Å². The molecule has 0 amide bonds. The SMILES string of the molecule is C=C(Cl)Cc1cc(/C(CC)=C(\CC)c2ccc(O)c(CC(=C)Cl)c2)ccc1O. The smallest absolute Gasteiger partial charge is 0.119 e. The van der Waals surface area contributed by atoms with Crippen molar-refractivity contribution in [1.29, 1.82) is 0 Å². The van der Waals surface area contributed by atoms with Gasteiger partial charge in [-0.1, -0.05) is 62.3 Å². The molecule has 2 nitrogen and oxygen atoms in total. The average molecular weight is 417 g/mol. The second-order valence-corrected chi connectivity index (χ2v) is 7.81. The number of allylic oxidation sites excluding steroid dienone is 4. The third-order valence-corrected chi connectivity index (χ3v) is 4.96. The van der Waals surface area contributed by atoms with Crippen molar-refractivity contribution in [3.05, 3.63) is 81.9 Å². The molecule has 0 aromatic heterocycles. The Morgan fingerprint density at radius 3 is 1.39 bits per heavy atom. The van der Waals surface area contributed by atoms with Gasteiger partial charge in [0.1, 0.15) is 11.5 Å². The Hall–Kier alpha value is -2.16. The Morgan fingerprint density at radius 1 is 0.750 bits per heavy atom. The van der Waals surface area contributed by atoms with Gasteiger partial charge in [0.25, 0.3) is 0 Å². The van der Waals surface area contributed by atoms with E-state index in [2.05, 4.69) is 27.0 Å². The van der Waals surface area contributed by atoms with Gasteiger partial charge in [0.05, 0.1) is 0 Å². The van der Waals surface area contributed by atoms with Gasteiger partial charge in [-0.05, 0) is 70.5 Å². The molecule has 0 aliphatic rings. The molecule has 4 heteroatoms. The minimum Gasteiger partial charge on any atom is -0.508 e. The topological polar surface area (TPSA) is 40.5 Å². The molecule has 2 aromatic carbocycles. The molecule has 0 unspecified atom stereocenters. The van der Waals surface area contributed by atoms with Crippen molar-refractivity contribution in [3.63, 3.8) is 0 Å². The summed E-state index contributed by atoms with van der Waals surface area (Å²) in [7, 11) is 0. The van der Waals surface area contributed by atoms with Crippen LogP contribution in [-0.2, 0) is 12.8 Å². The molecule has 0 saturated carbocycles. The molecule has 0 radical (unpaired) electrons. The molecule has 0 atom stereocenters. The van der Waals surface area contributed by atoms with Crippen LogP contribution in [0.2, 0.25) is 0 Å². The fourth-order valence-corrected chi connectivity index (χ4v) is 3.71. The van der Waals surface area contributed by atoms with Crippen LogP contribution in [0.5, 0.6) is 11.5 Å². The number of halogens is 2. The Morgan fingerprint density at radius 2 is 1.11 bits per heavy atom. The van der Waals surface area contributed by atoms with Crippen LogP contribution in [-0.4, -0.2) is 10.2 Å². The molecule has 28 heavy (non-hydrogen) atoms. The zero-order valence-electron chi connectivity index (χ0n) is 16.4. The van der Waals surface area contributed by atoms with Crippen molar-refractivity contribution < 1.29 is 10.2 Å². The van der Waals surface area contributed by atoms with E-state index in [-0.39, 0.29) is 11.5 Å².